The van der Waals surface area contributed by atoms with Gasteiger partial charge in [-0.15, -0.1) is 0 Å². The molecule has 0 aliphatic carbocycles. The highest BCUT2D eigenvalue weighted by molar-refractivity contribution is 6.25. The number of benzene rings is 10. The van der Waals surface area contributed by atoms with Gasteiger partial charge < -0.3 is 4.57 Å². The van der Waals surface area contributed by atoms with Gasteiger partial charge in [0.1, 0.15) is 0 Å². The summed E-state index contributed by atoms with van der Waals surface area (Å²) in [6.45, 7) is 0. The van der Waals surface area contributed by atoms with E-state index in [2.05, 4.69) is 221 Å². The van der Waals surface area contributed by atoms with Crippen LogP contribution in [0.4, 0.5) is 0 Å². The zero-order chi connectivity index (χ0) is 40.7. The quantitative estimate of drug-likeness (QED) is 0.163. The van der Waals surface area contributed by atoms with Gasteiger partial charge in [0, 0.05) is 32.7 Å². The average Bonchev–Trinajstić information content (AvgIpc) is 3.87. The van der Waals surface area contributed by atoms with Crippen molar-refractivity contribution in [2.45, 2.75) is 0 Å². The molecular weight excluding hydrogens is 755 g/mol. The lowest BCUT2D eigenvalue weighted by molar-refractivity contribution is 0.952. The molecule has 0 unspecified atom stereocenters. The van der Waals surface area contributed by atoms with E-state index < -0.39 is 0 Å². The minimum Gasteiger partial charge on any atom is -0.309 e. The van der Waals surface area contributed by atoms with Crippen LogP contribution in [0, 0.1) is 0 Å². The first-order valence-electron chi connectivity index (χ1n) is 21.0. The minimum absolute atomic E-state index is 0.564. The number of para-hydroxylation sites is 5. The van der Waals surface area contributed by atoms with Crippen LogP contribution in [0.2, 0.25) is 0 Å². The summed E-state index contributed by atoms with van der Waals surface area (Å²) in [6.07, 6.45) is 0. The molecule has 62 heavy (non-hydrogen) atoms. The van der Waals surface area contributed by atoms with Gasteiger partial charge in [0.15, 0.2) is 11.6 Å². The predicted molar refractivity (Wildman–Crippen MR) is 257 cm³/mol. The van der Waals surface area contributed by atoms with Gasteiger partial charge in [0.2, 0.25) is 5.95 Å². The molecule has 3 aromatic heterocycles. The van der Waals surface area contributed by atoms with Gasteiger partial charge in [-0.2, -0.15) is 9.97 Å². The summed E-state index contributed by atoms with van der Waals surface area (Å²) in [5, 5.41) is 12.2. The van der Waals surface area contributed by atoms with Gasteiger partial charge in [-0.1, -0.05) is 164 Å². The largest absolute Gasteiger partial charge is 0.309 e. The van der Waals surface area contributed by atoms with Gasteiger partial charge in [-0.25, -0.2) is 4.98 Å². The van der Waals surface area contributed by atoms with Crippen molar-refractivity contribution in [1.29, 1.82) is 0 Å². The lowest BCUT2D eigenvalue weighted by atomic mass is 9.92. The molecule has 288 valence electrons. The first kappa shape index (κ1) is 34.5. The molecule has 5 nitrogen and oxygen atoms in total. The Labute approximate surface area is 356 Å². The zero-order valence-electron chi connectivity index (χ0n) is 33.4. The first-order chi connectivity index (χ1) is 30.8. The normalized spacial score (nSPS) is 11.9. The monoisotopic (exact) mass is 789 g/mol. The van der Waals surface area contributed by atoms with Gasteiger partial charge in [-0.3, -0.25) is 4.57 Å². The Kier molecular flexibility index (Phi) is 7.54. The molecule has 0 saturated heterocycles. The van der Waals surface area contributed by atoms with E-state index in [1.54, 1.807) is 0 Å². The molecule has 0 aliphatic rings. The summed E-state index contributed by atoms with van der Waals surface area (Å²) in [7, 11) is 0. The van der Waals surface area contributed by atoms with E-state index in [9.17, 15) is 0 Å². The van der Waals surface area contributed by atoms with Crippen LogP contribution >= 0.6 is 0 Å². The van der Waals surface area contributed by atoms with Crippen LogP contribution in [-0.4, -0.2) is 24.1 Å². The van der Waals surface area contributed by atoms with E-state index in [4.69, 9.17) is 15.0 Å². The van der Waals surface area contributed by atoms with E-state index in [1.165, 1.54) is 43.1 Å². The van der Waals surface area contributed by atoms with Gasteiger partial charge in [0.05, 0.1) is 27.8 Å². The fraction of sp³-hybridized carbons (Fsp3) is 0. The van der Waals surface area contributed by atoms with Gasteiger partial charge in [0.25, 0.3) is 0 Å². The number of hydrogen-bond donors (Lipinski definition) is 0. The van der Waals surface area contributed by atoms with Crippen molar-refractivity contribution < 1.29 is 0 Å². The Morgan fingerprint density at radius 2 is 0.677 bits per heavy atom. The van der Waals surface area contributed by atoms with E-state index in [-0.39, 0.29) is 0 Å². The second kappa shape index (κ2) is 13.6. The lowest BCUT2D eigenvalue weighted by Gasteiger charge is -2.15. The molecule has 0 spiro atoms. The molecule has 0 radical (unpaired) electrons. The SMILES string of the molecule is c1cc(-c2ccc3c4ccccc4c4ccccc4c3c2)cc(-c2nc(-c3ccccc3-n3c4ccccc4c4ccccc43)nc(-n3c4ccccc4c4ccccc43)n2)c1. The summed E-state index contributed by atoms with van der Waals surface area (Å²) in [4.78, 5) is 16.1. The standard InChI is InChI=1S/C57H35N5/c1-2-20-41-39(18-1)40-19-3-4-21-42(40)49-35-37(32-33-43(41)49)36-16-15-17-38(34-36)55-58-56(60-57(59-55)62-52-29-12-7-24-46(52)47-25-8-13-30-53(47)62)48-26-9-14-31-54(48)61-50-27-10-5-22-44(50)45-23-6-11-28-51(45)61/h1-35H. The molecule has 10 aromatic carbocycles. The highest BCUT2D eigenvalue weighted by Crippen LogP contribution is 2.40. The number of nitrogens with zero attached hydrogens (tertiary/aromatic N) is 5. The average molecular weight is 790 g/mol. The van der Waals surface area contributed by atoms with Crippen molar-refractivity contribution >= 4 is 75.9 Å². The maximum atomic E-state index is 5.40. The highest BCUT2D eigenvalue weighted by Gasteiger charge is 2.21. The van der Waals surface area contributed by atoms with Gasteiger partial charge >= 0.3 is 0 Å². The molecule has 0 aliphatic heterocycles. The summed E-state index contributed by atoms with van der Waals surface area (Å²) >= 11 is 0. The lowest BCUT2D eigenvalue weighted by Crippen LogP contribution is -2.07. The van der Waals surface area contributed by atoms with Crippen LogP contribution in [0.3, 0.4) is 0 Å². The van der Waals surface area contributed by atoms with Crippen molar-refractivity contribution in [3.05, 3.63) is 212 Å². The van der Waals surface area contributed by atoms with Crippen LogP contribution in [0.5, 0.6) is 0 Å². The van der Waals surface area contributed by atoms with Crippen molar-refractivity contribution in [2.24, 2.45) is 0 Å². The molecule has 13 rings (SSSR count). The molecule has 3 heterocycles. The Morgan fingerprint density at radius 1 is 0.258 bits per heavy atom. The van der Waals surface area contributed by atoms with Crippen LogP contribution in [0.1, 0.15) is 0 Å². The van der Waals surface area contributed by atoms with Crippen LogP contribution < -0.4 is 0 Å². The number of fused-ring (bicyclic) bond motifs is 12. The fourth-order valence-electron chi connectivity index (χ4n) is 9.82. The Morgan fingerprint density at radius 3 is 1.26 bits per heavy atom. The molecular formula is C57H35N5. The maximum absolute atomic E-state index is 5.40. The minimum atomic E-state index is 0.564. The first-order valence-corrected chi connectivity index (χ1v) is 21.0. The third-order valence-electron chi connectivity index (χ3n) is 12.6. The highest BCUT2D eigenvalue weighted by atomic mass is 15.2. The maximum Gasteiger partial charge on any atom is 0.238 e. The molecule has 13 aromatic rings. The van der Waals surface area contributed by atoms with E-state index in [0.717, 1.165) is 60.8 Å². The van der Waals surface area contributed by atoms with Crippen molar-refractivity contribution in [3.63, 3.8) is 0 Å². The molecule has 0 saturated carbocycles. The van der Waals surface area contributed by atoms with Crippen molar-refractivity contribution in [1.82, 2.24) is 24.1 Å². The van der Waals surface area contributed by atoms with E-state index >= 15 is 0 Å². The van der Waals surface area contributed by atoms with Crippen LogP contribution in [0.15, 0.2) is 212 Å². The van der Waals surface area contributed by atoms with Crippen molar-refractivity contribution in [3.8, 4) is 45.5 Å². The Bertz CT molecular complexity index is 3810. The van der Waals surface area contributed by atoms with Crippen LogP contribution in [-0.2, 0) is 0 Å². The molecule has 0 fully saturated rings. The Hall–Kier alpha value is -8.41. The topological polar surface area (TPSA) is 48.5 Å². The van der Waals surface area contributed by atoms with E-state index in [1.807, 2.05) is 0 Å². The Balaban J connectivity index is 1.05. The number of rotatable bonds is 5. The number of aromatic nitrogens is 5. The predicted octanol–water partition coefficient (Wildman–Crippen LogP) is 14.5. The van der Waals surface area contributed by atoms with Gasteiger partial charge in [-0.05, 0) is 92.0 Å². The summed E-state index contributed by atoms with van der Waals surface area (Å²) in [5.41, 5.74) is 9.37. The second-order valence-electron chi connectivity index (χ2n) is 16.0. The second-order valence-corrected chi connectivity index (χ2v) is 16.0. The molecule has 0 atom stereocenters. The van der Waals surface area contributed by atoms with Crippen LogP contribution in [0.25, 0.3) is 121 Å². The molecule has 0 N–H and O–H groups in total. The fourth-order valence-corrected chi connectivity index (χ4v) is 9.82. The van der Waals surface area contributed by atoms with E-state index in [0.29, 0.717) is 17.6 Å². The van der Waals surface area contributed by atoms with Crippen molar-refractivity contribution in [2.75, 3.05) is 0 Å². The summed E-state index contributed by atoms with van der Waals surface area (Å²) < 4.78 is 4.53. The molecule has 0 amide bonds. The zero-order valence-corrected chi connectivity index (χ0v) is 33.4. The summed E-state index contributed by atoms with van der Waals surface area (Å²) in [5.74, 6) is 1.76. The smallest absolute Gasteiger partial charge is 0.238 e. The summed E-state index contributed by atoms with van der Waals surface area (Å²) in [6, 6.07) is 75.6. The third-order valence-corrected chi connectivity index (χ3v) is 12.6. The third kappa shape index (κ3) is 5.18. The molecule has 0 bridgehead atoms. The number of hydrogen-bond acceptors (Lipinski definition) is 3. The molecule has 5 heteroatoms.